The third kappa shape index (κ3) is 3.63. The second-order valence-corrected chi connectivity index (χ2v) is 6.35. The minimum absolute atomic E-state index is 0.0803. The molecule has 1 unspecified atom stereocenters. The summed E-state index contributed by atoms with van der Waals surface area (Å²) in [5, 5.41) is 5.73. The van der Waals surface area contributed by atoms with Crippen molar-refractivity contribution < 1.29 is 9.59 Å². The predicted octanol–water partition coefficient (Wildman–Crippen LogP) is 2.39. The number of rotatable bonds is 5. The van der Waals surface area contributed by atoms with Crippen LogP contribution in [0, 0.1) is 0 Å². The lowest BCUT2D eigenvalue weighted by Gasteiger charge is -2.24. The number of nitrogens with one attached hydrogen (secondary N) is 2. The average Bonchev–Trinajstić information content (AvgIpc) is 3.40. The van der Waals surface area contributed by atoms with E-state index in [9.17, 15) is 9.59 Å². The summed E-state index contributed by atoms with van der Waals surface area (Å²) in [6.45, 7) is 1.68. The maximum atomic E-state index is 12.5. The lowest BCUT2D eigenvalue weighted by molar-refractivity contribution is -0.120. The summed E-state index contributed by atoms with van der Waals surface area (Å²) in [6.07, 6.45) is 2.10. The molecule has 2 aromatic rings. The lowest BCUT2D eigenvalue weighted by Crippen LogP contribution is -2.45. The summed E-state index contributed by atoms with van der Waals surface area (Å²) in [4.78, 5) is 24.4. The molecule has 1 saturated carbocycles. The van der Waals surface area contributed by atoms with Crippen molar-refractivity contribution in [1.82, 2.24) is 5.32 Å². The van der Waals surface area contributed by atoms with E-state index in [0.29, 0.717) is 17.3 Å². The minimum Gasteiger partial charge on any atom is -0.349 e. The van der Waals surface area contributed by atoms with Gasteiger partial charge in [0.2, 0.25) is 5.91 Å². The number of carbonyl (C=O) groups is 2. The molecule has 2 amide bonds. The summed E-state index contributed by atoms with van der Waals surface area (Å²) >= 11 is 0. The van der Waals surface area contributed by atoms with Gasteiger partial charge in [-0.2, -0.15) is 0 Å². The molecule has 0 aromatic heterocycles. The fourth-order valence-electron chi connectivity index (χ4n) is 2.38. The normalized spacial score (nSPS) is 16.1. The van der Waals surface area contributed by atoms with Crippen LogP contribution in [0.3, 0.4) is 0 Å². The zero-order chi connectivity index (χ0) is 17.2. The van der Waals surface area contributed by atoms with Crippen LogP contribution < -0.4 is 16.4 Å². The standard InChI is InChI=1S/C19H21N3O2/c1-19(20,14-5-3-2-4-6-14)18(24)22-16-9-7-13(8-10-16)17(23)21-15-11-12-15/h2-10,15H,11-12,20H2,1H3,(H,21,23)(H,22,24). The van der Waals surface area contributed by atoms with Crippen molar-refractivity contribution in [2.45, 2.75) is 31.3 Å². The van der Waals surface area contributed by atoms with E-state index in [1.54, 1.807) is 31.2 Å². The average molecular weight is 323 g/mol. The van der Waals surface area contributed by atoms with Crippen LogP contribution in [-0.2, 0) is 10.3 Å². The summed E-state index contributed by atoms with van der Waals surface area (Å²) < 4.78 is 0. The predicted molar refractivity (Wildman–Crippen MR) is 93.5 cm³/mol. The van der Waals surface area contributed by atoms with Gasteiger partial charge in [-0.15, -0.1) is 0 Å². The van der Waals surface area contributed by atoms with Crippen LogP contribution in [-0.4, -0.2) is 17.9 Å². The topological polar surface area (TPSA) is 84.2 Å². The Kier molecular flexibility index (Phi) is 4.36. The van der Waals surface area contributed by atoms with Crippen LogP contribution in [0.25, 0.3) is 0 Å². The maximum Gasteiger partial charge on any atom is 0.251 e. The molecule has 0 heterocycles. The number of hydrogen-bond donors (Lipinski definition) is 3. The Morgan fingerprint density at radius 1 is 1.04 bits per heavy atom. The van der Waals surface area contributed by atoms with Crippen molar-refractivity contribution in [3.05, 3.63) is 65.7 Å². The number of amides is 2. The molecule has 24 heavy (non-hydrogen) atoms. The number of carbonyl (C=O) groups excluding carboxylic acids is 2. The number of nitrogens with two attached hydrogens (primary N) is 1. The monoisotopic (exact) mass is 323 g/mol. The van der Waals surface area contributed by atoms with Gasteiger partial charge in [0.05, 0.1) is 0 Å². The molecule has 1 fully saturated rings. The summed E-state index contributed by atoms with van der Waals surface area (Å²) in [7, 11) is 0. The molecule has 2 aromatic carbocycles. The molecule has 0 aliphatic heterocycles. The van der Waals surface area contributed by atoms with E-state index in [0.717, 1.165) is 18.4 Å². The lowest BCUT2D eigenvalue weighted by atomic mass is 9.92. The highest BCUT2D eigenvalue weighted by atomic mass is 16.2. The van der Waals surface area contributed by atoms with E-state index in [1.165, 1.54) is 0 Å². The van der Waals surface area contributed by atoms with Gasteiger partial charge in [0.25, 0.3) is 5.91 Å². The summed E-state index contributed by atoms with van der Waals surface area (Å²) in [6, 6.07) is 16.4. The van der Waals surface area contributed by atoms with Gasteiger partial charge in [0, 0.05) is 17.3 Å². The number of benzene rings is 2. The Morgan fingerprint density at radius 2 is 1.67 bits per heavy atom. The zero-order valence-electron chi connectivity index (χ0n) is 13.6. The fraction of sp³-hybridized carbons (Fsp3) is 0.263. The van der Waals surface area contributed by atoms with E-state index in [4.69, 9.17) is 5.73 Å². The summed E-state index contributed by atoms with van der Waals surface area (Å²) in [5.41, 5.74) is 6.99. The molecule has 1 aliphatic rings. The number of anilines is 1. The van der Waals surface area contributed by atoms with Crippen molar-refractivity contribution in [2.24, 2.45) is 5.73 Å². The highest BCUT2D eigenvalue weighted by Gasteiger charge is 2.30. The Hall–Kier alpha value is -2.66. The molecule has 3 rings (SSSR count). The van der Waals surface area contributed by atoms with Crippen LogP contribution in [0.2, 0.25) is 0 Å². The molecular formula is C19H21N3O2. The van der Waals surface area contributed by atoms with E-state index in [1.807, 2.05) is 30.3 Å². The molecule has 0 saturated heterocycles. The zero-order valence-corrected chi connectivity index (χ0v) is 13.6. The van der Waals surface area contributed by atoms with Gasteiger partial charge in [0.1, 0.15) is 5.54 Å². The Balaban J connectivity index is 1.66. The molecule has 124 valence electrons. The van der Waals surface area contributed by atoms with E-state index >= 15 is 0 Å². The van der Waals surface area contributed by atoms with Gasteiger partial charge in [0.15, 0.2) is 0 Å². The molecule has 1 atom stereocenters. The quantitative estimate of drug-likeness (QED) is 0.790. The maximum absolute atomic E-state index is 12.5. The highest BCUT2D eigenvalue weighted by Crippen LogP contribution is 2.21. The molecule has 5 nitrogen and oxygen atoms in total. The first-order valence-electron chi connectivity index (χ1n) is 8.03. The molecule has 0 radical (unpaired) electrons. The SMILES string of the molecule is CC(N)(C(=O)Nc1ccc(C(=O)NC2CC2)cc1)c1ccccc1. The second-order valence-electron chi connectivity index (χ2n) is 6.35. The number of hydrogen-bond acceptors (Lipinski definition) is 3. The van der Waals surface area contributed by atoms with E-state index in [2.05, 4.69) is 10.6 Å². The van der Waals surface area contributed by atoms with Gasteiger partial charge in [-0.25, -0.2) is 0 Å². The Bertz CT molecular complexity index is 735. The van der Waals surface area contributed by atoms with Gasteiger partial charge < -0.3 is 16.4 Å². The van der Waals surface area contributed by atoms with E-state index < -0.39 is 5.54 Å². The third-order valence-corrected chi connectivity index (χ3v) is 4.16. The molecule has 5 heteroatoms. The minimum atomic E-state index is -1.14. The van der Waals surface area contributed by atoms with Gasteiger partial charge in [-0.05, 0) is 49.6 Å². The first-order chi connectivity index (χ1) is 11.5. The van der Waals surface area contributed by atoms with Gasteiger partial charge in [-0.1, -0.05) is 30.3 Å². The molecule has 4 N–H and O–H groups in total. The smallest absolute Gasteiger partial charge is 0.251 e. The first-order valence-corrected chi connectivity index (χ1v) is 8.03. The Morgan fingerprint density at radius 3 is 2.25 bits per heavy atom. The van der Waals surface area contributed by atoms with Crippen LogP contribution in [0.1, 0.15) is 35.7 Å². The van der Waals surface area contributed by atoms with Crippen molar-refractivity contribution >= 4 is 17.5 Å². The van der Waals surface area contributed by atoms with Crippen LogP contribution >= 0.6 is 0 Å². The van der Waals surface area contributed by atoms with Crippen molar-refractivity contribution in [3.63, 3.8) is 0 Å². The van der Waals surface area contributed by atoms with Gasteiger partial charge >= 0.3 is 0 Å². The highest BCUT2D eigenvalue weighted by molar-refractivity contribution is 5.99. The molecule has 1 aliphatic carbocycles. The van der Waals surface area contributed by atoms with Crippen molar-refractivity contribution in [1.29, 1.82) is 0 Å². The van der Waals surface area contributed by atoms with Crippen molar-refractivity contribution in [2.75, 3.05) is 5.32 Å². The molecule has 0 bridgehead atoms. The Labute approximate surface area is 141 Å². The fourth-order valence-corrected chi connectivity index (χ4v) is 2.38. The van der Waals surface area contributed by atoms with Gasteiger partial charge in [-0.3, -0.25) is 9.59 Å². The van der Waals surface area contributed by atoms with Crippen molar-refractivity contribution in [3.8, 4) is 0 Å². The molecule has 0 spiro atoms. The van der Waals surface area contributed by atoms with Crippen LogP contribution in [0.15, 0.2) is 54.6 Å². The molecular weight excluding hydrogens is 302 g/mol. The second kappa shape index (κ2) is 6.45. The summed E-state index contributed by atoms with van der Waals surface area (Å²) in [5.74, 6) is -0.382. The van der Waals surface area contributed by atoms with Crippen LogP contribution in [0.4, 0.5) is 5.69 Å². The first kappa shape index (κ1) is 16.2. The van der Waals surface area contributed by atoms with E-state index in [-0.39, 0.29) is 11.8 Å². The largest absolute Gasteiger partial charge is 0.349 e. The van der Waals surface area contributed by atoms with Crippen LogP contribution in [0.5, 0.6) is 0 Å². The third-order valence-electron chi connectivity index (χ3n) is 4.16.